The Labute approximate surface area is 80.5 Å². The normalized spacial score (nSPS) is 20.5. The van der Waals surface area contributed by atoms with Crippen LogP contribution in [0.3, 0.4) is 0 Å². The van der Waals surface area contributed by atoms with Crippen LogP contribution in [0.2, 0.25) is 0 Å². The number of hydrogen-bond acceptors (Lipinski definition) is 2. The summed E-state index contributed by atoms with van der Waals surface area (Å²) >= 11 is 0. The SMILES string of the molecule is CC(C)CCCN(C)C(=O)[C@@H]1CN1. The highest BCUT2D eigenvalue weighted by atomic mass is 16.2. The highest BCUT2D eigenvalue weighted by molar-refractivity contribution is 5.84. The van der Waals surface area contributed by atoms with Crippen molar-refractivity contribution < 1.29 is 4.79 Å². The molecule has 3 heteroatoms. The van der Waals surface area contributed by atoms with Gasteiger partial charge in [0.15, 0.2) is 0 Å². The molecule has 1 heterocycles. The van der Waals surface area contributed by atoms with Gasteiger partial charge in [-0.15, -0.1) is 0 Å². The van der Waals surface area contributed by atoms with Gasteiger partial charge in [-0.25, -0.2) is 0 Å². The molecule has 1 saturated heterocycles. The molecule has 0 aromatic rings. The molecule has 0 aromatic carbocycles. The fraction of sp³-hybridized carbons (Fsp3) is 0.900. The minimum Gasteiger partial charge on any atom is -0.344 e. The second kappa shape index (κ2) is 4.61. The van der Waals surface area contributed by atoms with Gasteiger partial charge in [-0.05, 0) is 18.8 Å². The van der Waals surface area contributed by atoms with Gasteiger partial charge in [0.2, 0.25) is 5.91 Å². The first-order chi connectivity index (χ1) is 6.11. The van der Waals surface area contributed by atoms with Crippen molar-refractivity contribution in [2.75, 3.05) is 20.1 Å². The average Bonchev–Trinajstić information content (AvgIpc) is 2.84. The standard InChI is InChI=1S/C10H20N2O/c1-8(2)5-4-6-12(3)10(13)9-7-11-9/h8-9,11H,4-7H2,1-3H3/t9-/m0/s1. The highest BCUT2D eigenvalue weighted by Crippen LogP contribution is 2.06. The van der Waals surface area contributed by atoms with Crippen molar-refractivity contribution in [2.24, 2.45) is 5.92 Å². The molecule has 0 radical (unpaired) electrons. The van der Waals surface area contributed by atoms with E-state index < -0.39 is 0 Å². The summed E-state index contributed by atoms with van der Waals surface area (Å²) in [5.74, 6) is 0.992. The number of carbonyl (C=O) groups excluding carboxylic acids is 1. The Bertz CT molecular complexity index is 176. The van der Waals surface area contributed by atoms with E-state index in [1.54, 1.807) is 0 Å². The molecule has 13 heavy (non-hydrogen) atoms. The third-order valence-electron chi connectivity index (χ3n) is 2.36. The van der Waals surface area contributed by atoms with Crippen LogP contribution in [-0.2, 0) is 4.79 Å². The van der Waals surface area contributed by atoms with Crippen molar-refractivity contribution in [3.8, 4) is 0 Å². The summed E-state index contributed by atoms with van der Waals surface area (Å²) < 4.78 is 0. The first-order valence-electron chi connectivity index (χ1n) is 5.09. The number of likely N-dealkylation sites (N-methyl/N-ethyl adjacent to an activating group) is 1. The second-order valence-corrected chi connectivity index (χ2v) is 4.26. The molecule has 1 aliphatic rings. The summed E-state index contributed by atoms with van der Waals surface area (Å²) in [5.41, 5.74) is 0. The summed E-state index contributed by atoms with van der Waals surface area (Å²) in [6, 6.07) is 0.129. The van der Waals surface area contributed by atoms with Gasteiger partial charge < -0.3 is 10.2 Å². The fourth-order valence-corrected chi connectivity index (χ4v) is 1.35. The van der Waals surface area contributed by atoms with E-state index in [9.17, 15) is 4.79 Å². The van der Waals surface area contributed by atoms with Crippen LogP contribution in [0.4, 0.5) is 0 Å². The third kappa shape index (κ3) is 3.77. The van der Waals surface area contributed by atoms with Gasteiger partial charge in [-0.2, -0.15) is 0 Å². The lowest BCUT2D eigenvalue weighted by Gasteiger charge is -2.16. The fourth-order valence-electron chi connectivity index (χ4n) is 1.35. The maximum absolute atomic E-state index is 11.4. The van der Waals surface area contributed by atoms with Gasteiger partial charge in [0.1, 0.15) is 0 Å². The first-order valence-corrected chi connectivity index (χ1v) is 5.09. The third-order valence-corrected chi connectivity index (χ3v) is 2.36. The van der Waals surface area contributed by atoms with Gasteiger partial charge in [-0.3, -0.25) is 4.79 Å². The first kappa shape index (κ1) is 10.5. The van der Waals surface area contributed by atoms with Gasteiger partial charge in [0.25, 0.3) is 0 Å². The molecule has 1 aliphatic heterocycles. The van der Waals surface area contributed by atoms with Crippen molar-refractivity contribution >= 4 is 5.91 Å². The van der Waals surface area contributed by atoms with Crippen molar-refractivity contribution in [3.05, 3.63) is 0 Å². The molecule has 0 spiro atoms. The molecular formula is C10H20N2O. The highest BCUT2D eigenvalue weighted by Gasteiger charge is 2.30. The largest absolute Gasteiger partial charge is 0.344 e. The number of carbonyl (C=O) groups is 1. The van der Waals surface area contributed by atoms with Gasteiger partial charge in [0.05, 0.1) is 6.04 Å². The average molecular weight is 184 g/mol. The molecule has 0 bridgehead atoms. The van der Waals surface area contributed by atoms with Crippen LogP contribution < -0.4 is 5.32 Å². The minimum atomic E-state index is 0.129. The van der Waals surface area contributed by atoms with E-state index >= 15 is 0 Å². The van der Waals surface area contributed by atoms with Crippen LogP contribution >= 0.6 is 0 Å². The molecule has 1 N–H and O–H groups in total. The lowest BCUT2D eigenvalue weighted by atomic mass is 10.1. The maximum atomic E-state index is 11.4. The van der Waals surface area contributed by atoms with Gasteiger partial charge in [-0.1, -0.05) is 13.8 Å². The number of rotatable bonds is 5. The molecule has 3 nitrogen and oxygen atoms in total. The van der Waals surface area contributed by atoms with Crippen LogP contribution in [0.1, 0.15) is 26.7 Å². The van der Waals surface area contributed by atoms with Crippen LogP contribution in [0.15, 0.2) is 0 Å². The van der Waals surface area contributed by atoms with Crippen LogP contribution in [0.5, 0.6) is 0 Å². The molecule has 1 atom stereocenters. The van der Waals surface area contributed by atoms with Crippen LogP contribution in [-0.4, -0.2) is 37.0 Å². The summed E-state index contributed by atoms with van der Waals surface area (Å²) in [6.45, 7) is 6.19. The zero-order valence-electron chi connectivity index (χ0n) is 8.84. The predicted molar refractivity (Wildman–Crippen MR) is 53.5 cm³/mol. The summed E-state index contributed by atoms with van der Waals surface area (Å²) in [7, 11) is 1.89. The van der Waals surface area contributed by atoms with E-state index in [1.807, 2.05) is 11.9 Å². The Morgan fingerprint density at radius 3 is 2.69 bits per heavy atom. The maximum Gasteiger partial charge on any atom is 0.240 e. The predicted octanol–water partition coefficient (Wildman–Crippen LogP) is 0.853. The van der Waals surface area contributed by atoms with E-state index in [0.29, 0.717) is 0 Å². The summed E-state index contributed by atoms with van der Waals surface area (Å²) in [5, 5.41) is 3.02. The van der Waals surface area contributed by atoms with E-state index in [1.165, 1.54) is 6.42 Å². The van der Waals surface area contributed by atoms with Crippen molar-refractivity contribution in [1.82, 2.24) is 10.2 Å². The number of hydrogen-bond donors (Lipinski definition) is 1. The van der Waals surface area contributed by atoms with Crippen molar-refractivity contribution in [3.63, 3.8) is 0 Å². The zero-order valence-corrected chi connectivity index (χ0v) is 8.84. The van der Waals surface area contributed by atoms with Crippen molar-refractivity contribution in [1.29, 1.82) is 0 Å². The van der Waals surface area contributed by atoms with Crippen molar-refractivity contribution in [2.45, 2.75) is 32.7 Å². The summed E-state index contributed by atoms with van der Waals surface area (Å²) in [4.78, 5) is 13.3. The van der Waals surface area contributed by atoms with E-state index in [-0.39, 0.29) is 11.9 Å². The van der Waals surface area contributed by atoms with E-state index in [0.717, 1.165) is 25.4 Å². The van der Waals surface area contributed by atoms with Gasteiger partial charge >= 0.3 is 0 Å². The zero-order chi connectivity index (χ0) is 9.84. The summed E-state index contributed by atoms with van der Waals surface area (Å²) in [6.07, 6.45) is 2.32. The number of nitrogens with one attached hydrogen (secondary N) is 1. The lowest BCUT2D eigenvalue weighted by molar-refractivity contribution is -0.129. The molecule has 1 amide bonds. The Balaban J connectivity index is 2.09. The topological polar surface area (TPSA) is 42.2 Å². The Morgan fingerprint density at radius 1 is 1.62 bits per heavy atom. The molecule has 0 saturated carbocycles. The monoisotopic (exact) mass is 184 g/mol. The van der Waals surface area contributed by atoms with Gasteiger partial charge in [0, 0.05) is 20.1 Å². The minimum absolute atomic E-state index is 0.129. The Kier molecular flexibility index (Phi) is 3.72. The molecule has 0 aliphatic carbocycles. The molecular weight excluding hydrogens is 164 g/mol. The van der Waals surface area contributed by atoms with Crippen LogP contribution in [0.25, 0.3) is 0 Å². The molecule has 0 aromatic heterocycles. The number of nitrogens with zero attached hydrogens (tertiary/aromatic N) is 1. The smallest absolute Gasteiger partial charge is 0.240 e. The molecule has 0 unspecified atom stereocenters. The Morgan fingerprint density at radius 2 is 2.23 bits per heavy atom. The lowest BCUT2D eigenvalue weighted by Crippen LogP contribution is -2.32. The van der Waals surface area contributed by atoms with E-state index in [2.05, 4.69) is 19.2 Å². The van der Waals surface area contributed by atoms with Crippen LogP contribution in [0, 0.1) is 5.92 Å². The number of amides is 1. The Hall–Kier alpha value is -0.570. The van der Waals surface area contributed by atoms with E-state index in [4.69, 9.17) is 0 Å². The second-order valence-electron chi connectivity index (χ2n) is 4.26. The molecule has 1 rings (SSSR count). The quantitative estimate of drug-likeness (QED) is 0.644. The molecule has 76 valence electrons. The molecule has 1 fully saturated rings.